The number of thiophene rings is 2. The van der Waals surface area contributed by atoms with Crippen LogP contribution in [0.15, 0.2) is 114 Å². The highest BCUT2D eigenvalue weighted by Gasteiger charge is 2.24. The van der Waals surface area contributed by atoms with Gasteiger partial charge in [-0.3, -0.25) is 27.9 Å². The summed E-state index contributed by atoms with van der Waals surface area (Å²) in [6.45, 7) is 12.3. The second-order valence-electron chi connectivity index (χ2n) is 16.8. The van der Waals surface area contributed by atoms with Crippen molar-refractivity contribution in [3.63, 3.8) is 0 Å². The summed E-state index contributed by atoms with van der Waals surface area (Å²) in [6, 6.07) is 29.5. The first-order chi connectivity index (χ1) is 30.3. The lowest BCUT2D eigenvalue weighted by Crippen LogP contribution is -2.38. The van der Waals surface area contributed by atoms with Crippen LogP contribution in [0.4, 0.5) is 0 Å². The highest BCUT2D eigenvalue weighted by atomic mass is 32.2. The van der Waals surface area contributed by atoms with Crippen LogP contribution in [0.1, 0.15) is 68.3 Å². The average molecular weight is 920 g/mol. The van der Waals surface area contributed by atoms with E-state index in [2.05, 4.69) is 113 Å². The van der Waals surface area contributed by atoms with Gasteiger partial charge in [0.1, 0.15) is 9.66 Å². The first-order valence-electron chi connectivity index (χ1n) is 21.7. The van der Waals surface area contributed by atoms with E-state index >= 15 is 0 Å². The van der Waals surface area contributed by atoms with Crippen LogP contribution in [-0.2, 0) is 40.0 Å². The first-order valence-corrected chi connectivity index (χ1v) is 25.3. The highest BCUT2D eigenvalue weighted by Crippen LogP contribution is 2.40. The molecule has 8 aromatic rings. The van der Waals surface area contributed by atoms with Crippen molar-refractivity contribution < 1.29 is 0 Å². The lowest BCUT2D eigenvalue weighted by molar-refractivity contribution is 0.504. The molecule has 9 nitrogen and oxygen atoms in total. The van der Waals surface area contributed by atoms with Gasteiger partial charge in [0, 0.05) is 59.6 Å². The second-order valence-corrected chi connectivity index (χ2v) is 21.2. The van der Waals surface area contributed by atoms with E-state index in [1.165, 1.54) is 46.7 Å². The zero-order valence-corrected chi connectivity index (χ0v) is 40.5. The lowest BCUT2D eigenvalue weighted by Gasteiger charge is -2.11. The molecule has 0 spiro atoms. The van der Waals surface area contributed by atoms with E-state index in [0.29, 0.717) is 42.2 Å². The topological polar surface area (TPSA) is 114 Å². The van der Waals surface area contributed by atoms with Gasteiger partial charge in [0.05, 0.1) is 10.8 Å². The van der Waals surface area contributed by atoms with Gasteiger partial charge in [0.15, 0.2) is 0 Å². The second kappa shape index (κ2) is 20.5. The molecule has 0 aliphatic carbocycles. The van der Waals surface area contributed by atoms with Crippen LogP contribution in [0.2, 0.25) is 0 Å². The number of fused-ring (bicyclic) bond motifs is 4. The number of rotatable bonds is 15. The molecule has 0 unspecified atom stereocenters. The molecule has 4 aromatic heterocycles. The van der Waals surface area contributed by atoms with Crippen LogP contribution < -0.4 is 28.2 Å². The molecule has 0 saturated heterocycles. The number of aromatic nitrogens is 4. The standard InChI is InChI=1S/C25H29N3O2S2.C25H28N2O2S2/c1-16(2)15-28-24-21(23(29)27(3)25(28)30)22(31-13-7-12-26)20(32-24)14-18-10-6-9-17-8-4-5-11-19(17)18;1-5-13-30-22-20(14-18-11-8-10-17-9-6-7-12-19(17)18)31-24-21(22)23(28)26(4)25(29)27(24)15-16(2)3/h4-6,8-11,16H,7,12-15,26H2,1-3H3;6-12,16H,5,13-15H2,1-4H3. The van der Waals surface area contributed by atoms with Crippen molar-refractivity contribution in [3.05, 3.63) is 147 Å². The molecule has 0 atom stereocenters. The Morgan fingerprint density at radius 3 is 1.41 bits per heavy atom. The van der Waals surface area contributed by atoms with E-state index in [4.69, 9.17) is 5.73 Å². The third kappa shape index (κ3) is 9.73. The quantitative estimate of drug-likeness (QED) is 0.0805. The zero-order chi connectivity index (χ0) is 44.9. The Morgan fingerprint density at radius 2 is 1.00 bits per heavy atom. The summed E-state index contributed by atoms with van der Waals surface area (Å²) >= 11 is 6.64. The van der Waals surface area contributed by atoms with Crippen molar-refractivity contribution in [2.24, 2.45) is 31.7 Å². The largest absolute Gasteiger partial charge is 0.331 e. The fourth-order valence-electron chi connectivity index (χ4n) is 7.99. The minimum absolute atomic E-state index is 0.181. The summed E-state index contributed by atoms with van der Waals surface area (Å²) in [4.78, 5) is 58.3. The third-order valence-electron chi connectivity index (χ3n) is 11.0. The SMILES string of the molecule is CC(C)Cn1c(=O)n(C)c(=O)c2c(SCCCN)c(Cc3cccc4ccccc34)sc21.CCCSc1c(Cc2cccc3ccccc23)sc2c1c(=O)n(C)c(=O)n2CC(C)C. The normalized spacial score (nSPS) is 11.8. The van der Waals surface area contributed by atoms with Crippen LogP contribution >= 0.6 is 46.2 Å². The van der Waals surface area contributed by atoms with Crippen molar-refractivity contribution in [1.29, 1.82) is 0 Å². The van der Waals surface area contributed by atoms with Gasteiger partial charge in [-0.05, 0) is 75.4 Å². The Morgan fingerprint density at radius 1 is 0.587 bits per heavy atom. The maximum absolute atomic E-state index is 13.2. The molecule has 8 rings (SSSR count). The Hall–Kier alpha value is -4.66. The molecule has 330 valence electrons. The number of thioether (sulfide) groups is 2. The molecule has 0 amide bonds. The molecule has 0 saturated carbocycles. The number of hydrogen-bond acceptors (Lipinski definition) is 9. The minimum atomic E-state index is -0.243. The van der Waals surface area contributed by atoms with Crippen LogP contribution in [0.25, 0.3) is 42.0 Å². The maximum Gasteiger partial charge on any atom is 0.331 e. The van der Waals surface area contributed by atoms with Crippen LogP contribution in [0, 0.1) is 11.8 Å². The summed E-state index contributed by atoms with van der Waals surface area (Å²) in [7, 11) is 3.18. The van der Waals surface area contributed by atoms with Crippen LogP contribution in [0.3, 0.4) is 0 Å². The van der Waals surface area contributed by atoms with Gasteiger partial charge in [-0.1, -0.05) is 120 Å². The fraction of sp³-hybridized carbons (Fsp3) is 0.360. The molecule has 0 aliphatic heterocycles. The molecule has 13 heteroatoms. The fourth-order valence-corrected chi connectivity index (χ4v) is 13.2. The van der Waals surface area contributed by atoms with E-state index in [1.807, 2.05) is 6.07 Å². The molecular formula is C50H57N5O4S4. The Balaban J connectivity index is 0.000000189. The van der Waals surface area contributed by atoms with Gasteiger partial charge in [-0.15, -0.1) is 46.2 Å². The Labute approximate surface area is 384 Å². The molecule has 63 heavy (non-hydrogen) atoms. The minimum Gasteiger partial charge on any atom is -0.330 e. The number of benzene rings is 4. The van der Waals surface area contributed by atoms with E-state index in [-0.39, 0.29) is 22.5 Å². The number of nitrogens with two attached hydrogens (primary N) is 1. The van der Waals surface area contributed by atoms with Gasteiger partial charge in [-0.2, -0.15) is 0 Å². The maximum atomic E-state index is 13.2. The van der Waals surface area contributed by atoms with E-state index in [1.54, 1.807) is 69.4 Å². The van der Waals surface area contributed by atoms with Crippen molar-refractivity contribution in [3.8, 4) is 0 Å². The zero-order valence-electron chi connectivity index (χ0n) is 37.2. The molecular weight excluding hydrogens is 863 g/mol. The summed E-state index contributed by atoms with van der Waals surface area (Å²) in [5, 5.41) is 6.27. The summed E-state index contributed by atoms with van der Waals surface area (Å²) in [5.41, 5.74) is 7.35. The van der Waals surface area contributed by atoms with Crippen molar-refractivity contribution >= 4 is 88.2 Å². The smallest absolute Gasteiger partial charge is 0.330 e. The Bertz CT molecular complexity index is 3160. The number of nitrogens with zero attached hydrogens (tertiary/aromatic N) is 4. The molecule has 4 aromatic carbocycles. The molecule has 0 radical (unpaired) electrons. The lowest BCUT2D eigenvalue weighted by atomic mass is 10.0. The van der Waals surface area contributed by atoms with E-state index < -0.39 is 0 Å². The van der Waals surface area contributed by atoms with Crippen molar-refractivity contribution in [1.82, 2.24) is 18.3 Å². The first kappa shape index (κ1) is 46.3. The average Bonchev–Trinajstić information content (AvgIpc) is 3.82. The third-order valence-corrected chi connectivity index (χ3v) is 16.3. The predicted octanol–water partition coefficient (Wildman–Crippen LogP) is 10.3. The van der Waals surface area contributed by atoms with Gasteiger partial charge in [0.25, 0.3) is 11.1 Å². The summed E-state index contributed by atoms with van der Waals surface area (Å²) in [6.07, 6.45) is 3.39. The summed E-state index contributed by atoms with van der Waals surface area (Å²) in [5.74, 6) is 2.40. The van der Waals surface area contributed by atoms with Crippen LogP contribution in [0.5, 0.6) is 0 Å². The van der Waals surface area contributed by atoms with Gasteiger partial charge < -0.3 is 5.73 Å². The predicted molar refractivity (Wildman–Crippen MR) is 271 cm³/mol. The highest BCUT2D eigenvalue weighted by molar-refractivity contribution is 8.00. The molecule has 0 fully saturated rings. The molecule has 2 N–H and O–H groups in total. The number of hydrogen-bond donors (Lipinski definition) is 1. The van der Waals surface area contributed by atoms with Crippen molar-refractivity contribution in [2.75, 3.05) is 18.1 Å². The molecule has 4 heterocycles. The monoisotopic (exact) mass is 919 g/mol. The van der Waals surface area contributed by atoms with E-state index in [0.717, 1.165) is 61.5 Å². The van der Waals surface area contributed by atoms with Crippen molar-refractivity contribution in [2.45, 2.75) is 83.2 Å². The molecule has 0 aliphatic rings. The summed E-state index contributed by atoms with van der Waals surface area (Å²) < 4.78 is 6.11. The van der Waals surface area contributed by atoms with Gasteiger partial charge in [-0.25, -0.2) is 9.59 Å². The Kier molecular flexibility index (Phi) is 15.0. The van der Waals surface area contributed by atoms with Crippen LogP contribution in [-0.4, -0.2) is 36.3 Å². The molecule has 0 bridgehead atoms. The van der Waals surface area contributed by atoms with Gasteiger partial charge in [0.2, 0.25) is 0 Å². The van der Waals surface area contributed by atoms with Gasteiger partial charge >= 0.3 is 11.4 Å². The van der Waals surface area contributed by atoms with E-state index in [9.17, 15) is 19.2 Å².